The smallest absolute Gasteiger partial charge is 0.121 e. The number of piperidine rings is 1. The molecule has 0 aromatic heterocycles. The SMILES string of the molecule is C1=NC(C2CC2)NC=C1Nc1ccc(C23CCC(CO2)NC3)cc1. The average molecular weight is 324 g/mol. The number of allylic oxidation sites excluding steroid dienone is 1. The zero-order valence-corrected chi connectivity index (χ0v) is 13.8. The summed E-state index contributed by atoms with van der Waals surface area (Å²) in [7, 11) is 0. The van der Waals surface area contributed by atoms with Gasteiger partial charge in [-0.25, -0.2) is 0 Å². The minimum Gasteiger partial charge on any atom is -0.368 e. The Balaban J connectivity index is 1.26. The molecule has 4 aliphatic heterocycles. The summed E-state index contributed by atoms with van der Waals surface area (Å²) in [5.74, 6) is 0.733. The lowest BCUT2D eigenvalue weighted by molar-refractivity contribution is -0.129. The van der Waals surface area contributed by atoms with E-state index in [-0.39, 0.29) is 11.8 Å². The molecule has 1 aliphatic carbocycles. The van der Waals surface area contributed by atoms with Crippen LogP contribution in [-0.2, 0) is 10.3 Å². The molecule has 0 amide bonds. The van der Waals surface area contributed by atoms with Gasteiger partial charge in [0.1, 0.15) is 11.8 Å². The van der Waals surface area contributed by atoms with E-state index in [2.05, 4.69) is 45.2 Å². The van der Waals surface area contributed by atoms with Crippen LogP contribution in [0.1, 0.15) is 31.2 Å². The van der Waals surface area contributed by atoms with Crippen molar-refractivity contribution in [1.82, 2.24) is 10.6 Å². The van der Waals surface area contributed by atoms with Gasteiger partial charge in [-0.3, -0.25) is 4.99 Å². The largest absolute Gasteiger partial charge is 0.368 e. The Morgan fingerprint density at radius 2 is 2.04 bits per heavy atom. The highest BCUT2D eigenvalue weighted by Crippen LogP contribution is 2.38. The number of hydrogen-bond acceptors (Lipinski definition) is 5. The Morgan fingerprint density at radius 3 is 2.62 bits per heavy atom. The molecule has 126 valence electrons. The molecule has 2 bridgehead atoms. The lowest BCUT2D eigenvalue weighted by Gasteiger charge is -2.47. The first-order valence-corrected chi connectivity index (χ1v) is 9.05. The molecule has 4 heterocycles. The predicted octanol–water partition coefficient (Wildman–Crippen LogP) is 2.33. The normalized spacial score (nSPS) is 34.6. The van der Waals surface area contributed by atoms with Gasteiger partial charge in [-0.05, 0) is 49.3 Å². The Hall–Kier alpha value is -1.85. The third-order valence-electron chi connectivity index (χ3n) is 5.69. The maximum absolute atomic E-state index is 6.16. The number of hydrogen-bond donors (Lipinski definition) is 3. The molecule has 1 aromatic carbocycles. The fourth-order valence-corrected chi connectivity index (χ4v) is 3.94. The Kier molecular flexibility index (Phi) is 3.38. The molecule has 3 atom stereocenters. The molecule has 4 fully saturated rings. The summed E-state index contributed by atoms with van der Waals surface area (Å²) in [5.41, 5.74) is 3.24. The summed E-state index contributed by atoms with van der Waals surface area (Å²) >= 11 is 0. The Morgan fingerprint density at radius 1 is 1.17 bits per heavy atom. The molecule has 3 N–H and O–H groups in total. The minimum absolute atomic E-state index is 0.127. The van der Waals surface area contributed by atoms with Crippen LogP contribution in [0.25, 0.3) is 0 Å². The fraction of sp³-hybridized carbons (Fsp3) is 0.526. The average Bonchev–Trinajstić information content (AvgIpc) is 3.50. The van der Waals surface area contributed by atoms with E-state index in [0.29, 0.717) is 6.04 Å². The fourth-order valence-electron chi connectivity index (χ4n) is 3.94. The van der Waals surface area contributed by atoms with E-state index in [4.69, 9.17) is 4.74 Å². The molecule has 5 heteroatoms. The van der Waals surface area contributed by atoms with Gasteiger partial charge in [-0.15, -0.1) is 0 Å². The van der Waals surface area contributed by atoms with E-state index < -0.39 is 0 Å². The standard InChI is InChI=1S/C19H24N4O/c1-2-13(1)18-20-9-17(10-21-18)23-15-5-3-14(4-6-15)19-8-7-16(11-24-19)22-12-19/h3-6,9-10,13,16,18,20,22-23H,1-2,7-8,11-12H2. The van der Waals surface area contributed by atoms with Crippen LogP contribution < -0.4 is 16.0 Å². The van der Waals surface area contributed by atoms with Crippen molar-refractivity contribution in [3.8, 4) is 0 Å². The second-order valence-corrected chi connectivity index (χ2v) is 7.45. The maximum atomic E-state index is 6.16. The van der Waals surface area contributed by atoms with E-state index in [1.54, 1.807) is 0 Å². The first-order chi connectivity index (χ1) is 11.8. The monoisotopic (exact) mass is 324 g/mol. The number of nitrogens with zero attached hydrogens (tertiary/aromatic N) is 1. The van der Waals surface area contributed by atoms with Crippen LogP contribution in [0.3, 0.4) is 0 Å². The van der Waals surface area contributed by atoms with Crippen molar-refractivity contribution < 1.29 is 4.74 Å². The van der Waals surface area contributed by atoms with Crippen molar-refractivity contribution in [2.75, 3.05) is 18.5 Å². The Bertz CT molecular complexity index is 655. The molecule has 24 heavy (non-hydrogen) atoms. The molecule has 3 saturated heterocycles. The molecule has 6 rings (SSSR count). The first kappa shape index (κ1) is 14.5. The summed E-state index contributed by atoms with van der Waals surface area (Å²) in [5, 5.41) is 10.4. The number of benzene rings is 1. The quantitative estimate of drug-likeness (QED) is 0.796. The lowest BCUT2D eigenvalue weighted by Crippen LogP contribution is -2.57. The van der Waals surface area contributed by atoms with Crippen LogP contribution in [0.2, 0.25) is 0 Å². The van der Waals surface area contributed by atoms with Crippen molar-refractivity contribution in [2.24, 2.45) is 10.9 Å². The third kappa shape index (κ3) is 2.62. The summed E-state index contributed by atoms with van der Waals surface area (Å²) < 4.78 is 6.16. The van der Waals surface area contributed by atoms with Crippen LogP contribution in [0.5, 0.6) is 0 Å². The summed E-state index contributed by atoms with van der Waals surface area (Å²) in [6.45, 7) is 1.76. The number of nitrogens with one attached hydrogen (secondary N) is 3. The first-order valence-electron chi connectivity index (χ1n) is 9.05. The van der Waals surface area contributed by atoms with Crippen molar-refractivity contribution in [2.45, 2.75) is 43.5 Å². The molecule has 5 aliphatic rings. The molecule has 0 radical (unpaired) electrons. The topological polar surface area (TPSA) is 57.7 Å². The van der Waals surface area contributed by atoms with Crippen LogP contribution in [0, 0.1) is 5.92 Å². The second kappa shape index (κ2) is 5.60. The van der Waals surface area contributed by atoms with Crippen molar-refractivity contribution >= 4 is 11.9 Å². The lowest BCUT2D eigenvalue weighted by atomic mass is 9.81. The van der Waals surface area contributed by atoms with Crippen LogP contribution in [-0.4, -0.2) is 31.6 Å². The number of rotatable bonds is 4. The van der Waals surface area contributed by atoms with E-state index in [9.17, 15) is 0 Å². The Labute approximate surface area is 142 Å². The van der Waals surface area contributed by atoms with Gasteiger partial charge in [0.2, 0.25) is 0 Å². The summed E-state index contributed by atoms with van der Waals surface area (Å²) in [6, 6.07) is 9.20. The van der Waals surface area contributed by atoms with Gasteiger partial charge < -0.3 is 20.7 Å². The molecule has 0 spiro atoms. The second-order valence-electron chi connectivity index (χ2n) is 7.45. The molecular weight excluding hydrogens is 300 g/mol. The molecule has 5 nitrogen and oxygen atoms in total. The zero-order chi connectivity index (χ0) is 16.0. The maximum Gasteiger partial charge on any atom is 0.121 e. The van der Waals surface area contributed by atoms with Gasteiger partial charge in [-0.1, -0.05) is 12.1 Å². The minimum atomic E-state index is -0.127. The van der Waals surface area contributed by atoms with Crippen LogP contribution >= 0.6 is 0 Å². The van der Waals surface area contributed by atoms with Gasteiger partial charge >= 0.3 is 0 Å². The van der Waals surface area contributed by atoms with Crippen molar-refractivity contribution in [1.29, 1.82) is 0 Å². The molecule has 1 saturated carbocycles. The summed E-state index contributed by atoms with van der Waals surface area (Å²) in [6.07, 6.45) is 9.18. The van der Waals surface area contributed by atoms with E-state index in [0.717, 1.165) is 36.9 Å². The highest BCUT2D eigenvalue weighted by atomic mass is 16.5. The molecule has 3 unspecified atom stereocenters. The van der Waals surface area contributed by atoms with E-state index in [1.807, 2.05) is 12.4 Å². The number of ether oxygens (including phenoxy) is 1. The van der Waals surface area contributed by atoms with Gasteiger partial charge in [0.05, 0.1) is 12.3 Å². The zero-order valence-electron chi connectivity index (χ0n) is 13.8. The van der Waals surface area contributed by atoms with Gasteiger partial charge in [-0.2, -0.15) is 0 Å². The van der Waals surface area contributed by atoms with Gasteiger partial charge in [0, 0.05) is 30.7 Å². The highest BCUT2D eigenvalue weighted by molar-refractivity contribution is 5.83. The third-order valence-corrected chi connectivity index (χ3v) is 5.69. The van der Waals surface area contributed by atoms with Gasteiger partial charge in [0.15, 0.2) is 0 Å². The van der Waals surface area contributed by atoms with Crippen LogP contribution in [0.15, 0.2) is 41.2 Å². The van der Waals surface area contributed by atoms with E-state index >= 15 is 0 Å². The van der Waals surface area contributed by atoms with Crippen molar-refractivity contribution in [3.05, 3.63) is 41.7 Å². The van der Waals surface area contributed by atoms with Gasteiger partial charge in [0.25, 0.3) is 0 Å². The van der Waals surface area contributed by atoms with E-state index in [1.165, 1.54) is 24.8 Å². The van der Waals surface area contributed by atoms with Crippen molar-refractivity contribution in [3.63, 3.8) is 0 Å². The predicted molar refractivity (Wildman–Crippen MR) is 94.9 cm³/mol. The number of fused-ring (bicyclic) bond motifs is 3. The molecular formula is C19H24N4O. The number of aliphatic imine (C=N–C) groups is 1. The highest BCUT2D eigenvalue weighted by Gasteiger charge is 2.42. The number of anilines is 1. The number of morpholine rings is 1. The molecule has 1 aromatic rings. The van der Waals surface area contributed by atoms with Crippen LogP contribution in [0.4, 0.5) is 5.69 Å². The summed E-state index contributed by atoms with van der Waals surface area (Å²) in [4.78, 5) is 4.59.